The van der Waals surface area contributed by atoms with Gasteiger partial charge in [0.1, 0.15) is 24.4 Å². The molecule has 1 aliphatic rings. The number of carbonyl (C=O) groups is 4. The fourth-order valence-electron chi connectivity index (χ4n) is 3.88. The molecule has 1 fully saturated rings. The van der Waals surface area contributed by atoms with Crippen LogP contribution >= 0.6 is 0 Å². The van der Waals surface area contributed by atoms with Crippen molar-refractivity contribution < 1.29 is 46.5 Å². The Morgan fingerprint density at radius 3 is 2.13 bits per heavy atom. The van der Waals surface area contributed by atoms with E-state index in [1.54, 1.807) is 0 Å². The molecule has 16 heteroatoms. The molecule has 38 heavy (non-hydrogen) atoms. The summed E-state index contributed by atoms with van der Waals surface area (Å²) in [4.78, 5) is 47.3. The lowest BCUT2D eigenvalue weighted by Gasteiger charge is -2.45. The SMILES string of the molecule is CC(=O)N[C@@H]1[C@@H](OC(C)=O)[C@H](OC(C)=O)[C@@H](COC(C)=O)O[C@H]1n1cc(-c2ccc(S(N)(=O)=O)cc2)nn1. The number of esters is 3. The number of rotatable bonds is 8. The van der Waals surface area contributed by atoms with Crippen molar-refractivity contribution in [2.75, 3.05) is 6.61 Å². The lowest BCUT2D eigenvalue weighted by atomic mass is 9.95. The molecule has 3 N–H and O–H groups in total. The van der Waals surface area contributed by atoms with Gasteiger partial charge in [0, 0.05) is 33.3 Å². The standard InChI is InChI=1S/C22H27N5O10S/c1-11(28)24-19-21(36-14(4)31)20(35-13(3)30)18(10-34-12(2)29)37-22(19)27-9-17(25-26-27)15-5-7-16(8-6-15)38(23,32)33/h5-9,18-22H,10H2,1-4H3,(H,24,28)(H2,23,32,33)/t18-,19-,20-,21-,22-/m1/s1. The maximum Gasteiger partial charge on any atom is 0.303 e. The van der Waals surface area contributed by atoms with Gasteiger partial charge in [-0.3, -0.25) is 19.2 Å². The summed E-state index contributed by atoms with van der Waals surface area (Å²) < 4.78 is 46.3. The third-order valence-electron chi connectivity index (χ3n) is 5.34. The van der Waals surface area contributed by atoms with Gasteiger partial charge < -0.3 is 24.3 Å². The van der Waals surface area contributed by atoms with E-state index in [9.17, 15) is 27.6 Å². The Hall–Kier alpha value is -3.89. The molecule has 2 aromatic rings. The summed E-state index contributed by atoms with van der Waals surface area (Å²) in [5.41, 5.74) is 0.792. The molecule has 0 aliphatic carbocycles. The van der Waals surface area contributed by atoms with Crippen molar-refractivity contribution in [3.63, 3.8) is 0 Å². The van der Waals surface area contributed by atoms with Gasteiger partial charge in [-0.25, -0.2) is 18.2 Å². The Kier molecular flexibility index (Phi) is 8.80. The Labute approximate surface area is 217 Å². The minimum Gasteiger partial charge on any atom is -0.463 e. The number of sulfonamides is 1. The maximum absolute atomic E-state index is 12.1. The second-order valence-corrected chi connectivity index (χ2v) is 9.96. The number of carbonyl (C=O) groups excluding carboxylic acids is 4. The first kappa shape index (κ1) is 28.7. The van der Waals surface area contributed by atoms with E-state index in [1.807, 2.05) is 0 Å². The maximum atomic E-state index is 12.1. The molecule has 5 atom stereocenters. The second kappa shape index (κ2) is 11.7. The Bertz CT molecular complexity index is 1310. The first-order chi connectivity index (χ1) is 17.8. The van der Waals surface area contributed by atoms with Crippen molar-refractivity contribution in [3.05, 3.63) is 30.5 Å². The fourth-order valence-corrected chi connectivity index (χ4v) is 4.40. The van der Waals surface area contributed by atoms with Crippen LogP contribution in [0.25, 0.3) is 11.3 Å². The molecular weight excluding hydrogens is 526 g/mol. The summed E-state index contributed by atoms with van der Waals surface area (Å²) in [5, 5.41) is 15.9. The quantitative estimate of drug-likeness (QED) is 0.311. The third kappa shape index (κ3) is 7.11. The molecule has 15 nitrogen and oxygen atoms in total. The Balaban J connectivity index is 2.03. The zero-order valence-corrected chi connectivity index (χ0v) is 21.7. The average Bonchev–Trinajstić information content (AvgIpc) is 3.29. The van der Waals surface area contributed by atoms with Crippen LogP contribution in [0, 0.1) is 0 Å². The summed E-state index contributed by atoms with van der Waals surface area (Å²) in [6, 6.07) is 4.44. The monoisotopic (exact) mass is 553 g/mol. The van der Waals surface area contributed by atoms with Crippen LogP contribution in [0.1, 0.15) is 33.9 Å². The molecule has 0 radical (unpaired) electrons. The first-order valence-electron chi connectivity index (χ1n) is 11.2. The number of hydrogen-bond donors (Lipinski definition) is 2. The van der Waals surface area contributed by atoms with Crippen LogP contribution in [0.2, 0.25) is 0 Å². The number of nitrogens with two attached hydrogens (primary N) is 1. The van der Waals surface area contributed by atoms with E-state index in [2.05, 4.69) is 15.6 Å². The number of aromatic nitrogens is 3. The lowest BCUT2D eigenvalue weighted by molar-refractivity contribution is -0.239. The largest absolute Gasteiger partial charge is 0.463 e. The molecule has 1 amide bonds. The molecule has 206 valence electrons. The number of nitrogens with zero attached hydrogens (tertiary/aromatic N) is 3. The minimum absolute atomic E-state index is 0.0935. The van der Waals surface area contributed by atoms with Crippen LogP contribution in [0.15, 0.2) is 35.4 Å². The summed E-state index contributed by atoms with van der Waals surface area (Å²) in [5.74, 6) is -2.61. The molecule has 3 rings (SSSR count). The fraction of sp³-hybridized carbons (Fsp3) is 0.455. The molecule has 1 aromatic heterocycles. The lowest BCUT2D eigenvalue weighted by Crippen LogP contribution is -2.64. The van der Waals surface area contributed by atoms with E-state index in [-0.39, 0.29) is 11.5 Å². The smallest absolute Gasteiger partial charge is 0.303 e. The van der Waals surface area contributed by atoms with Crippen LogP contribution < -0.4 is 10.5 Å². The number of ether oxygens (including phenoxy) is 4. The molecule has 1 aliphatic heterocycles. The zero-order chi connectivity index (χ0) is 28.2. The molecule has 2 heterocycles. The van der Waals surface area contributed by atoms with Gasteiger partial charge >= 0.3 is 17.9 Å². The summed E-state index contributed by atoms with van der Waals surface area (Å²) >= 11 is 0. The van der Waals surface area contributed by atoms with Gasteiger partial charge in [0.2, 0.25) is 15.9 Å². The second-order valence-electron chi connectivity index (χ2n) is 8.40. The van der Waals surface area contributed by atoms with E-state index in [4.69, 9.17) is 24.1 Å². The molecule has 0 saturated carbocycles. The van der Waals surface area contributed by atoms with Crippen LogP contribution in [-0.4, -0.2) is 78.2 Å². The summed E-state index contributed by atoms with van der Waals surface area (Å²) in [7, 11) is -3.89. The number of amides is 1. The number of benzene rings is 1. The van der Waals surface area contributed by atoms with Crippen LogP contribution in [0.3, 0.4) is 0 Å². The van der Waals surface area contributed by atoms with E-state index in [0.29, 0.717) is 11.3 Å². The summed E-state index contributed by atoms with van der Waals surface area (Å²) in [6.45, 7) is 4.31. The van der Waals surface area contributed by atoms with Gasteiger partial charge in [0.05, 0.1) is 11.1 Å². The molecule has 1 aromatic carbocycles. The first-order valence-corrected chi connectivity index (χ1v) is 12.8. The van der Waals surface area contributed by atoms with Crippen LogP contribution in [-0.2, 0) is 48.1 Å². The highest BCUT2D eigenvalue weighted by Crippen LogP contribution is 2.33. The highest BCUT2D eigenvalue weighted by molar-refractivity contribution is 7.89. The van der Waals surface area contributed by atoms with E-state index in [1.165, 1.54) is 49.0 Å². The highest BCUT2D eigenvalue weighted by atomic mass is 32.2. The topological polar surface area (TPSA) is 208 Å². The summed E-state index contributed by atoms with van der Waals surface area (Å²) in [6.07, 6.45) is -3.35. The number of primary sulfonamides is 1. The van der Waals surface area contributed by atoms with Crippen molar-refractivity contribution in [3.8, 4) is 11.3 Å². The number of hydrogen-bond acceptors (Lipinski definition) is 12. The van der Waals surface area contributed by atoms with Crippen molar-refractivity contribution in [2.24, 2.45) is 5.14 Å². The molecule has 0 spiro atoms. The van der Waals surface area contributed by atoms with Gasteiger partial charge in [-0.05, 0) is 12.1 Å². The minimum atomic E-state index is -3.89. The zero-order valence-electron chi connectivity index (χ0n) is 20.9. The van der Waals surface area contributed by atoms with Gasteiger partial charge in [-0.1, -0.05) is 17.3 Å². The average molecular weight is 554 g/mol. The van der Waals surface area contributed by atoms with Crippen molar-refractivity contribution in [1.82, 2.24) is 20.3 Å². The van der Waals surface area contributed by atoms with Crippen LogP contribution in [0.5, 0.6) is 0 Å². The van der Waals surface area contributed by atoms with Gasteiger partial charge in [0.25, 0.3) is 0 Å². The molecule has 1 saturated heterocycles. The van der Waals surface area contributed by atoms with Crippen molar-refractivity contribution in [2.45, 2.75) is 63.2 Å². The van der Waals surface area contributed by atoms with Gasteiger partial charge in [-0.2, -0.15) is 0 Å². The highest BCUT2D eigenvalue weighted by Gasteiger charge is 2.51. The Morgan fingerprint density at radius 2 is 1.61 bits per heavy atom. The molecule has 0 unspecified atom stereocenters. The predicted octanol–water partition coefficient (Wildman–Crippen LogP) is -0.579. The van der Waals surface area contributed by atoms with E-state index in [0.717, 1.165) is 13.8 Å². The van der Waals surface area contributed by atoms with Crippen LogP contribution in [0.4, 0.5) is 0 Å². The van der Waals surface area contributed by atoms with E-state index >= 15 is 0 Å². The Morgan fingerprint density at radius 1 is 1.00 bits per heavy atom. The van der Waals surface area contributed by atoms with Gasteiger partial charge in [0.15, 0.2) is 18.4 Å². The van der Waals surface area contributed by atoms with Gasteiger partial charge in [-0.15, -0.1) is 5.10 Å². The third-order valence-corrected chi connectivity index (χ3v) is 6.27. The van der Waals surface area contributed by atoms with Crippen molar-refractivity contribution >= 4 is 33.8 Å². The predicted molar refractivity (Wildman–Crippen MR) is 126 cm³/mol. The van der Waals surface area contributed by atoms with E-state index < -0.39 is 64.4 Å². The van der Waals surface area contributed by atoms with Crippen molar-refractivity contribution in [1.29, 1.82) is 0 Å². The molecular formula is C22H27N5O10S. The molecule has 0 bridgehead atoms. The number of nitrogens with one attached hydrogen (secondary N) is 1. The normalized spacial score (nSPS) is 23.2.